The van der Waals surface area contributed by atoms with Crippen molar-refractivity contribution in [2.45, 2.75) is 32.4 Å². The van der Waals surface area contributed by atoms with Gasteiger partial charge in [-0.05, 0) is 43.0 Å². The zero-order chi connectivity index (χ0) is 16.2. The standard InChI is InChI=1S/C16H21F3N2O/c1-12-3-2-10-21(11-12)15(22)8-9-20-14-6-4-13(5-7-14)16(17,18)19/h4-7,12,20H,2-3,8-11H2,1H3. The smallest absolute Gasteiger partial charge is 0.385 e. The van der Waals surface area contributed by atoms with Gasteiger partial charge in [0.1, 0.15) is 0 Å². The number of likely N-dealkylation sites (tertiary alicyclic amines) is 1. The number of rotatable bonds is 4. The average Bonchev–Trinajstić information content (AvgIpc) is 2.47. The van der Waals surface area contributed by atoms with Gasteiger partial charge in [-0.25, -0.2) is 0 Å². The largest absolute Gasteiger partial charge is 0.416 e. The van der Waals surface area contributed by atoms with Crippen LogP contribution in [0.5, 0.6) is 0 Å². The Morgan fingerprint density at radius 2 is 2.00 bits per heavy atom. The number of nitrogens with one attached hydrogen (secondary N) is 1. The van der Waals surface area contributed by atoms with E-state index in [9.17, 15) is 18.0 Å². The van der Waals surface area contributed by atoms with E-state index in [1.54, 1.807) is 0 Å². The number of hydrogen-bond acceptors (Lipinski definition) is 2. The number of carbonyl (C=O) groups is 1. The van der Waals surface area contributed by atoms with E-state index in [0.717, 1.165) is 38.1 Å². The highest BCUT2D eigenvalue weighted by molar-refractivity contribution is 5.76. The molecule has 0 aromatic heterocycles. The minimum Gasteiger partial charge on any atom is -0.385 e. The molecule has 1 unspecified atom stereocenters. The van der Waals surface area contributed by atoms with E-state index in [4.69, 9.17) is 0 Å². The number of nitrogens with zero attached hydrogens (tertiary/aromatic N) is 1. The van der Waals surface area contributed by atoms with Gasteiger partial charge in [0.05, 0.1) is 5.56 Å². The summed E-state index contributed by atoms with van der Waals surface area (Å²) >= 11 is 0. The molecule has 22 heavy (non-hydrogen) atoms. The molecular weight excluding hydrogens is 293 g/mol. The lowest BCUT2D eigenvalue weighted by Gasteiger charge is -2.31. The fraction of sp³-hybridized carbons (Fsp3) is 0.562. The van der Waals surface area contributed by atoms with Gasteiger partial charge < -0.3 is 10.2 Å². The Labute approximate surface area is 128 Å². The summed E-state index contributed by atoms with van der Waals surface area (Å²) in [4.78, 5) is 13.9. The molecule has 1 heterocycles. The van der Waals surface area contributed by atoms with Crippen LogP contribution >= 0.6 is 0 Å². The number of piperidine rings is 1. The lowest BCUT2D eigenvalue weighted by atomic mass is 10.00. The molecule has 0 radical (unpaired) electrons. The van der Waals surface area contributed by atoms with E-state index in [2.05, 4.69) is 12.2 Å². The lowest BCUT2D eigenvalue weighted by molar-refractivity contribution is -0.137. The van der Waals surface area contributed by atoms with Crippen molar-refractivity contribution in [3.05, 3.63) is 29.8 Å². The van der Waals surface area contributed by atoms with Crippen molar-refractivity contribution >= 4 is 11.6 Å². The second-order valence-electron chi connectivity index (χ2n) is 5.84. The van der Waals surface area contributed by atoms with Gasteiger partial charge in [0, 0.05) is 31.7 Å². The maximum absolute atomic E-state index is 12.4. The monoisotopic (exact) mass is 314 g/mol. The maximum Gasteiger partial charge on any atom is 0.416 e. The van der Waals surface area contributed by atoms with E-state index >= 15 is 0 Å². The minimum absolute atomic E-state index is 0.103. The Morgan fingerprint density at radius 3 is 2.59 bits per heavy atom. The van der Waals surface area contributed by atoms with Crippen molar-refractivity contribution in [3.8, 4) is 0 Å². The van der Waals surface area contributed by atoms with Crippen LogP contribution in [0.25, 0.3) is 0 Å². The van der Waals surface area contributed by atoms with Crippen LogP contribution in [-0.4, -0.2) is 30.4 Å². The SMILES string of the molecule is CC1CCCN(C(=O)CCNc2ccc(C(F)(F)F)cc2)C1. The predicted molar refractivity (Wildman–Crippen MR) is 79.5 cm³/mol. The molecule has 1 aliphatic heterocycles. The van der Waals surface area contributed by atoms with E-state index in [1.807, 2.05) is 4.90 Å². The fourth-order valence-corrected chi connectivity index (χ4v) is 2.66. The second-order valence-corrected chi connectivity index (χ2v) is 5.84. The summed E-state index contributed by atoms with van der Waals surface area (Å²) in [6.07, 6.45) is -1.76. The van der Waals surface area contributed by atoms with E-state index in [-0.39, 0.29) is 5.91 Å². The summed E-state index contributed by atoms with van der Waals surface area (Å²) in [6.45, 7) is 4.18. The van der Waals surface area contributed by atoms with Crippen LogP contribution in [0.15, 0.2) is 24.3 Å². The molecule has 3 nitrogen and oxygen atoms in total. The normalized spacial score (nSPS) is 19.1. The molecule has 1 N–H and O–H groups in total. The van der Waals surface area contributed by atoms with Gasteiger partial charge in [-0.3, -0.25) is 4.79 Å². The molecule has 1 aromatic rings. The highest BCUT2D eigenvalue weighted by atomic mass is 19.4. The number of hydrogen-bond donors (Lipinski definition) is 1. The maximum atomic E-state index is 12.4. The Hall–Kier alpha value is -1.72. The highest BCUT2D eigenvalue weighted by Crippen LogP contribution is 2.29. The third-order valence-electron chi connectivity index (χ3n) is 3.89. The van der Waals surface area contributed by atoms with Crippen LogP contribution < -0.4 is 5.32 Å². The summed E-state index contributed by atoms with van der Waals surface area (Å²) in [6, 6.07) is 4.85. The van der Waals surface area contributed by atoms with E-state index in [1.165, 1.54) is 12.1 Å². The number of carbonyl (C=O) groups excluding carboxylic acids is 1. The van der Waals surface area contributed by atoms with Crippen molar-refractivity contribution in [3.63, 3.8) is 0 Å². The Morgan fingerprint density at radius 1 is 1.32 bits per heavy atom. The number of halogens is 3. The van der Waals surface area contributed by atoms with Gasteiger partial charge in [-0.15, -0.1) is 0 Å². The van der Waals surface area contributed by atoms with Gasteiger partial charge in [-0.2, -0.15) is 13.2 Å². The van der Waals surface area contributed by atoms with Crippen LogP contribution in [0, 0.1) is 5.92 Å². The van der Waals surface area contributed by atoms with Crippen molar-refractivity contribution in [1.29, 1.82) is 0 Å². The molecule has 1 saturated heterocycles. The molecule has 122 valence electrons. The molecule has 1 amide bonds. The topological polar surface area (TPSA) is 32.3 Å². The van der Waals surface area contributed by atoms with Crippen molar-refractivity contribution < 1.29 is 18.0 Å². The van der Waals surface area contributed by atoms with Crippen LogP contribution in [-0.2, 0) is 11.0 Å². The molecule has 1 fully saturated rings. The average molecular weight is 314 g/mol. The molecule has 0 bridgehead atoms. The number of amides is 1. The Kier molecular flexibility index (Phi) is 5.32. The first-order chi connectivity index (χ1) is 10.4. The summed E-state index contributed by atoms with van der Waals surface area (Å²) in [5, 5.41) is 2.99. The summed E-state index contributed by atoms with van der Waals surface area (Å²) in [7, 11) is 0. The molecule has 1 aromatic carbocycles. The molecule has 6 heteroatoms. The van der Waals surface area contributed by atoms with Gasteiger partial charge >= 0.3 is 6.18 Å². The predicted octanol–water partition coefficient (Wildman–Crippen LogP) is 3.77. The van der Waals surface area contributed by atoms with Crippen molar-refractivity contribution in [1.82, 2.24) is 4.90 Å². The quantitative estimate of drug-likeness (QED) is 0.917. The van der Waals surface area contributed by atoms with Crippen LogP contribution in [0.2, 0.25) is 0 Å². The van der Waals surface area contributed by atoms with Crippen LogP contribution in [0.4, 0.5) is 18.9 Å². The fourth-order valence-electron chi connectivity index (χ4n) is 2.66. The molecule has 0 aliphatic carbocycles. The first-order valence-electron chi connectivity index (χ1n) is 7.55. The number of alkyl halides is 3. The first-order valence-corrected chi connectivity index (χ1v) is 7.55. The third kappa shape index (κ3) is 4.64. The number of anilines is 1. The van der Waals surface area contributed by atoms with Gasteiger partial charge in [-0.1, -0.05) is 6.92 Å². The summed E-state index contributed by atoms with van der Waals surface area (Å²) in [5.41, 5.74) is -0.0794. The Bertz CT molecular complexity index is 499. The van der Waals surface area contributed by atoms with E-state index < -0.39 is 11.7 Å². The molecule has 0 saturated carbocycles. The minimum atomic E-state index is -4.32. The molecule has 0 spiro atoms. The first kappa shape index (κ1) is 16.6. The number of benzene rings is 1. The summed E-state index contributed by atoms with van der Waals surface area (Å²) in [5.74, 6) is 0.645. The van der Waals surface area contributed by atoms with Gasteiger partial charge in [0.2, 0.25) is 5.91 Å². The van der Waals surface area contributed by atoms with Gasteiger partial charge in [0.15, 0.2) is 0 Å². The zero-order valence-electron chi connectivity index (χ0n) is 12.6. The van der Waals surface area contributed by atoms with E-state index in [0.29, 0.717) is 24.6 Å². The zero-order valence-corrected chi connectivity index (χ0v) is 12.6. The molecule has 1 atom stereocenters. The second kappa shape index (κ2) is 7.03. The van der Waals surface area contributed by atoms with Crippen molar-refractivity contribution in [2.24, 2.45) is 5.92 Å². The molecular formula is C16H21F3N2O. The highest BCUT2D eigenvalue weighted by Gasteiger charge is 2.29. The Balaban J connectivity index is 1.77. The van der Waals surface area contributed by atoms with Crippen LogP contribution in [0.3, 0.4) is 0 Å². The lowest BCUT2D eigenvalue weighted by Crippen LogP contribution is -2.39. The van der Waals surface area contributed by atoms with Gasteiger partial charge in [0.25, 0.3) is 0 Å². The molecule has 1 aliphatic rings. The van der Waals surface area contributed by atoms with Crippen LogP contribution in [0.1, 0.15) is 31.7 Å². The van der Waals surface area contributed by atoms with Crippen molar-refractivity contribution in [2.75, 3.05) is 25.0 Å². The third-order valence-corrected chi connectivity index (χ3v) is 3.89. The summed E-state index contributed by atoms with van der Waals surface area (Å²) < 4.78 is 37.3. The molecule has 2 rings (SSSR count).